The Morgan fingerprint density at radius 1 is 1.07 bits per heavy atom. The van der Waals surface area contributed by atoms with Gasteiger partial charge >= 0.3 is 0 Å². The summed E-state index contributed by atoms with van der Waals surface area (Å²) in [5.74, 6) is 0.618. The average molecular weight is 386 g/mol. The predicted molar refractivity (Wildman–Crippen MR) is 102 cm³/mol. The number of nitrogens with zero attached hydrogens (tertiary/aromatic N) is 3. The quantitative estimate of drug-likeness (QED) is 0.843. The summed E-state index contributed by atoms with van der Waals surface area (Å²) in [4.78, 5) is 38.1. The maximum Gasteiger partial charge on any atom is 0.251 e. The first-order valence-corrected chi connectivity index (χ1v) is 10.9. The highest BCUT2D eigenvalue weighted by Gasteiger charge is 2.50. The fourth-order valence-electron chi connectivity index (χ4n) is 5.42. The van der Waals surface area contributed by atoms with Crippen LogP contribution >= 0.6 is 0 Å². The molecule has 2 saturated heterocycles. The van der Waals surface area contributed by atoms with Crippen LogP contribution in [-0.2, 0) is 26.3 Å². The number of ether oxygens (including phenoxy) is 1. The van der Waals surface area contributed by atoms with Crippen LogP contribution in [0.25, 0.3) is 0 Å². The number of rotatable bonds is 2. The molecule has 28 heavy (non-hydrogen) atoms. The zero-order chi connectivity index (χ0) is 19.1. The number of hydrogen-bond donors (Lipinski definition) is 1. The molecule has 0 radical (unpaired) electrons. The molecule has 152 valence electrons. The van der Waals surface area contributed by atoms with Gasteiger partial charge in [0.2, 0.25) is 5.91 Å². The molecule has 0 bridgehead atoms. The molecule has 1 N–H and O–H groups in total. The van der Waals surface area contributed by atoms with Crippen molar-refractivity contribution < 1.29 is 14.3 Å². The van der Waals surface area contributed by atoms with E-state index < -0.39 is 0 Å². The molecule has 1 aliphatic carbocycles. The van der Waals surface area contributed by atoms with Gasteiger partial charge in [-0.3, -0.25) is 9.59 Å². The predicted octanol–water partition coefficient (Wildman–Crippen LogP) is 1.98. The molecule has 4 heterocycles. The van der Waals surface area contributed by atoms with Crippen LogP contribution in [0.5, 0.6) is 0 Å². The number of amides is 2. The fraction of sp³-hybridized carbons (Fsp3) is 0.762. The fourth-order valence-corrected chi connectivity index (χ4v) is 5.42. The minimum atomic E-state index is -0.357. The van der Waals surface area contributed by atoms with E-state index in [0.717, 1.165) is 75.7 Å². The highest BCUT2D eigenvalue weighted by Crippen LogP contribution is 2.44. The molecule has 1 saturated carbocycles. The Labute approximate surface area is 165 Å². The Hall–Kier alpha value is -1.89. The molecule has 1 aromatic heterocycles. The molecule has 1 spiro atoms. The molecule has 0 aromatic carbocycles. The van der Waals surface area contributed by atoms with Crippen molar-refractivity contribution in [2.75, 3.05) is 26.2 Å². The second-order valence-corrected chi connectivity index (χ2v) is 8.81. The zero-order valence-corrected chi connectivity index (χ0v) is 16.5. The number of likely N-dealkylation sites (tertiary alicyclic amines) is 1. The number of H-pyrrole nitrogens is 1. The van der Waals surface area contributed by atoms with Gasteiger partial charge in [-0.2, -0.15) is 0 Å². The lowest BCUT2D eigenvalue weighted by atomic mass is 9.76. The van der Waals surface area contributed by atoms with E-state index in [4.69, 9.17) is 4.74 Å². The number of imidazole rings is 1. The number of fused-ring (bicyclic) bond motifs is 2. The number of nitrogens with one attached hydrogen (secondary N) is 1. The maximum atomic E-state index is 13.2. The first-order chi connectivity index (χ1) is 13.7. The summed E-state index contributed by atoms with van der Waals surface area (Å²) < 4.78 is 5.71. The summed E-state index contributed by atoms with van der Waals surface area (Å²) in [6, 6.07) is 0. The van der Waals surface area contributed by atoms with Crippen molar-refractivity contribution >= 4 is 11.8 Å². The lowest BCUT2D eigenvalue weighted by molar-refractivity contribution is -0.155. The number of piperidine rings is 1. The van der Waals surface area contributed by atoms with Crippen molar-refractivity contribution in [3.05, 3.63) is 17.7 Å². The molecule has 3 fully saturated rings. The molecule has 1 aromatic rings. The first-order valence-electron chi connectivity index (χ1n) is 10.9. The van der Waals surface area contributed by atoms with Gasteiger partial charge in [-0.05, 0) is 44.9 Å². The Morgan fingerprint density at radius 2 is 1.89 bits per heavy atom. The van der Waals surface area contributed by atoms with Crippen molar-refractivity contribution in [3.63, 3.8) is 0 Å². The molecule has 7 heteroatoms. The molecule has 7 nitrogen and oxygen atoms in total. The average Bonchev–Trinajstić information content (AvgIpc) is 3.18. The lowest BCUT2D eigenvalue weighted by Crippen LogP contribution is -2.61. The van der Waals surface area contributed by atoms with Gasteiger partial charge in [0.15, 0.2) is 0 Å². The van der Waals surface area contributed by atoms with E-state index in [1.165, 1.54) is 0 Å². The zero-order valence-electron chi connectivity index (χ0n) is 16.5. The molecular weight excluding hydrogens is 356 g/mol. The number of aromatic nitrogens is 2. The molecule has 1 unspecified atom stereocenters. The van der Waals surface area contributed by atoms with Crippen molar-refractivity contribution in [2.24, 2.45) is 5.92 Å². The Kier molecular flexibility index (Phi) is 4.65. The van der Waals surface area contributed by atoms with Crippen LogP contribution in [-0.4, -0.2) is 63.9 Å². The molecule has 3 aliphatic heterocycles. The lowest BCUT2D eigenvalue weighted by Gasteiger charge is -2.52. The van der Waals surface area contributed by atoms with E-state index in [1.807, 2.05) is 4.90 Å². The highest BCUT2D eigenvalue weighted by molar-refractivity contribution is 5.82. The van der Waals surface area contributed by atoms with Crippen molar-refractivity contribution in [1.82, 2.24) is 19.8 Å². The van der Waals surface area contributed by atoms with Crippen LogP contribution in [0, 0.1) is 5.92 Å². The van der Waals surface area contributed by atoms with Gasteiger partial charge in [-0.25, -0.2) is 4.98 Å². The van der Waals surface area contributed by atoms with Crippen molar-refractivity contribution in [1.29, 1.82) is 0 Å². The molecule has 5 rings (SSSR count). The normalized spacial score (nSPS) is 27.4. The Balaban J connectivity index is 1.36. The number of aromatic amines is 1. The standard InChI is InChI=1S/C21H30N4O3/c26-19(15-4-3-5-15)25-10-7-16-18(23-14-22-16)21(25)8-11-24(12-9-21)20(27)17-6-1-2-13-28-17/h14-15,17H,1-13H2,(H,22,23). The summed E-state index contributed by atoms with van der Waals surface area (Å²) in [5.41, 5.74) is 1.84. The van der Waals surface area contributed by atoms with E-state index in [1.54, 1.807) is 6.33 Å². The van der Waals surface area contributed by atoms with Crippen molar-refractivity contribution in [2.45, 2.75) is 69.4 Å². The van der Waals surface area contributed by atoms with Gasteiger partial charge in [-0.15, -0.1) is 0 Å². The van der Waals surface area contributed by atoms with Gasteiger partial charge in [0.25, 0.3) is 5.91 Å². The van der Waals surface area contributed by atoms with Gasteiger partial charge in [-0.1, -0.05) is 6.42 Å². The minimum Gasteiger partial charge on any atom is -0.368 e. The Morgan fingerprint density at radius 3 is 2.57 bits per heavy atom. The van der Waals surface area contributed by atoms with E-state index in [0.29, 0.717) is 25.6 Å². The summed E-state index contributed by atoms with van der Waals surface area (Å²) in [6.45, 7) is 2.78. The van der Waals surface area contributed by atoms with E-state index in [9.17, 15) is 9.59 Å². The monoisotopic (exact) mass is 386 g/mol. The van der Waals surface area contributed by atoms with Crippen molar-refractivity contribution in [3.8, 4) is 0 Å². The Bertz CT molecular complexity index is 743. The van der Waals surface area contributed by atoms with Crippen LogP contribution < -0.4 is 0 Å². The third-order valence-corrected chi connectivity index (χ3v) is 7.34. The second kappa shape index (κ2) is 7.17. The SMILES string of the molecule is O=C(C1CCCCO1)N1CCC2(CC1)c1nc[nH]c1CCN2C(=O)C1CCC1. The van der Waals surface area contributed by atoms with E-state index >= 15 is 0 Å². The summed E-state index contributed by atoms with van der Waals surface area (Å²) in [7, 11) is 0. The largest absolute Gasteiger partial charge is 0.368 e. The molecular formula is C21H30N4O3. The number of hydrogen-bond acceptors (Lipinski definition) is 4. The molecule has 2 amide bonds. The van der Waals surface area contributed by atoms with Crippen LogP contribution in [0.3, 0.4) is 0 Å². The van der Waals surface area contributed by atoms with Crippen LogP contribution in [0.1, 0.15) is 62.8 Å². The number of carbonyl (C=O) groups excluding carboxylic acids is 2. The summed E-state index contributed by atoms with van der Waals surface area (Å²) >= 11 is 0. The second-order valence-electron chi connectivity index (χ2n) is 8.81. The van der Waals surface area contributed by atoms with E-state index in [2.05, 4.69) is 14.9 Å². The molecule has 4 aliphatic rings. The summed E-state index contributed by atoms with van der Waals surface area (Å²) in [6.07, 6.45) is 9.99. The minimum absolute atomic E-state index is 0.129. The highest BCUT2D eigenvalue weighted by atomic mass is 16.5. The van der Waals surface area contributed by atoms with Gasteiger partial charge < -0.3 is 19.5 Å². The van der Waals surface area contributed by atoms with Gasteiger partial charge in [0.1, 0.15) is 6.10 Å². The maximum absolute atomic E-state index is 13.2. The third-order valence-electron chi connectivity index (χ3n) is 7.34. The molecule has 1 atom stereocenters. The van der Waals surface area contributed by atoms with E-state index in [-0.39, 0.29) is 23.5 Å². The topological polar surface area (TPSA) is 78.5 Å². The van der Waals surface area contributed by atoms with Crippen LogP contribution in [0.4, 0.5) is 0 Å². The van der Waals surface area contributed by atoms with Gasteiger partial charge in [0, 0.05) is 44.3 Å². The van der Waals surface area contributed by atoms with Gasteiger partial charge in [0.05, 0.1) is 17.6 Å². The van der Waals surface area contributed by atoms with Crippen LogP contribution in [0.2, 0.25) is 0 Å². The third kappa shape index (κ3) is 2.86. The summed E-state index contributed by atoms with van der Waals surface area (Å²) in [5, 5.41) is 0. The number of carbonyl (C=O) groups is 2. The van der Waals surface area contributed by atoms with Crippen LogP contribution in [0.15, 0.2) is 6.33 Å². The first kappa shape index (κ1) is 18.2. The smallest absolute Gasteiger partial charge is 0.251 e.